The number of carbonyl (C=O) groups excluding carboxylic acids is 1. The summed E-state index contributed by atoms with van der Waals surface area (Å²) in [4.78, 5) is 11.7. The van der Waals surface area contributed by atoms with Crippen LogP contribution >= 0.6 is 0 Å². The third-order valence-corrected chi connectivity index (χ3v) is 3.26. The summed E-state index contributed by atoms with van der Waals surface area (Å²) in [6.45, 7) is 3.24. The van der Waals surface area contributed by atoms with E-state index < -0.39 is 17.7 Å². The lowest BCUT2D eigenvalue weighted by molar-refractivity contribution is -0.184. The molecule has 0 saturated heterocycles. The van der Waals surface area contributed by atoms with E-state index in [1.54, 1.807) is 13.8 Å². The van der Waals surface area contributed by atoms with Gasteiger partial charge in [-0.25, -0.2) is 0 Å². The first kappa shape index (κ1) is 15.3. The van der Waals surface area contributed by atoms with E-state index in [1.807, 2.05) is 0 Å². The second-order valence-electron chi connectivity index (χ2n) is 5.62. The lowest BCUT2D eigenvalue weighted by Crippen LogP contribution is -2.42. The molecule has 18 heavy (non-hydrogen) atoms. The largest absolute Gasteiger partial charge is 0.391 e. The zero-order valence-electron chi connectivity index (χ0n) is 10.7. The summed E-state index contributed by atoms with van der Waals surface area (Å²) >= 11 is 0. The van der Waals surface area contributed by atoms with Crippen LogP contribution in [0, 0.1) is 11.8 Å². The Morgan fingerprint density at radius 3 is 2.11 bits per heavy atom. The molecule has 2 N–H and O–H groups in total. The zero-order chi connectivity index (χ0) is 14.0. The second-order valence-corrected chi connectivity index (χ2v) is 5.62. The molecule has 1 saturated carbocycles. The molecule has 0 aromatic carbocycles. The average molecular weight is 267 g/mol. The first-order valence-corrected chi connectivity index (χ1v) is 6.16. The molecule has 0 radical (unpaired) electrons. The van der Waals surface area contributed by atoms with Crippen LogP contribution in [0.1, 0.15) is 39.5 Å². The van der Waals surface area contributed by atoms with Crippen LogP contribution < -0.4 is 5.32 Å². The van der Waals surface area contributed by atoms with E-state index in [4.69, 9.17) is 0 Å². The summed E-state index contributed by atoms with van der Waals surface area (Å²) in [5.74, 6) is -1.88. The van der Waals surface area contributed by atoms with Gasteiger partial charge < -0.3 is 10.4 Å². The van der Waals surface area contributed by atoms with Gasteiger partial charge in [0.05, 0.1) is 11.5 Å². The summed E-state index contributed by atoms with van der Waals surface area (Å²) in [6, 6.07) is 0. The summed E-state index contributed by atoms with van der Waals surface area (Å²) in [7, 11) is 0. The molecule has 0 heterocycles. The predicted octanol–water partition coefficient (Wildman–Crippen LogP) is 2.24. The Morgan fingerprint density at radius 2 is 1.72 bits per heavy atom. The molecule has 1 amide bonds. The average Bonchev–Trinajstić information content (AvgIpc) is 2.24. The number of carbonyl (C=O) groups is 1. The Labute approximate surface area is 105 Å². The summed E-state index contributed by atoms with van der Waals surface area (Å²) in [5, 5.41) is 12.0. The number of hydrogen-bond donors (Lipinski definition) is 2. The van der Waals surface area contributed by atoms with Gasteiger partial charge >= 0.3 is 6.18 Å². The number of amides is 1. The van der Waals surface area contributed by atoms with Crippen molar-refractivity contribution in [1.29, 1.82) is 0 Å². The SMILES string of the molecule is CC(C)(O)CNC(=O)C1CCC(C(F)(F)F)CC1. The fourth-order valence-electron chi connectivity index (χ4n) is 2.13. The molecule has 0 bridgehead atoms. The van der Waals surface area contributed by atoms with E-state index in [-0.39, 0.29) is 44.1 Å². The molecular formula is C12H20F3NO2. The van der Waals surface area contributed by atoms with Crippen molar-refractivity contribution in [3.05, 3.63) is 0 Å². The lowest BCUT2D eigenvalue weighted by atomic mass is 9.81. The van der Waals surface area contributed by atoms with Gasteiger partial charge in [0, 0.05) is 12.5 Å². The molecular weight excluding hydrogens is 247 g/mol. The maximum atomic E-state index is 12.4. The fraction of sp³-hybridized carbons (Fsp3) is 0.917. The van der Waals surface area contributed by atoms with Gasteiger partial charge in [-0.2, -0.15) is 13.2 Å². The fourth-order valence-corrected chi connectivity index (χ4v) is 2.13. The quantitative estimate of drug-likeness (QED) is 0.824. The van der Waals surface area contributed by atoms with Gasteiger partial charge in [0.15, 0.2) is 0 Å². The molecule has 1 fully saturated rings. The highest BCUT2D eigenvalue weighted by Crippen LogP contribution is 2.39. The zero-order valence-corrected chi connectivity index (χ0v) is 10.7. The number of nitrogens with one attached hydrogen (secondary N) is 1. The Hall–Kier alpha value is -0.780. The summed E-state index contributed by atoms with van der Waals surface area (Å²) < 4.78 is 37.3. The Bertz CT molecular complexity index is 289. The first-order valence-electron chi connectivity index (χ1n) is 6.16. The standard InChI is InChI=1S/C12H20F3NO2/c1-11(2,18)7-16-10(17)8-3-5-9(6-4-8)12(13,14)15/h8-9,18H,3-7H2,1-2H3,(H,16,17). The van der Waals surface area contributed by atoms with Gasteiger partial charge in [0.25, 0.3) is 0 Å². The van der Waals surface area contributed by atoms with Crippen molar-refractivity contribution in [3.8, 4) is 0 Å². The van der Waals surface area contributed by atoms with Gasteiger partial charge in [0.1, 0.15) is 0 Å². The highest BCUT2D eigenvalue weighted by molar-refractivity contribution is 5.78. The maximum absolute atomic E-state index is 12.4. The third kappa shape index (κ3) is 4.84. The van der Waals surface area contributed by atoms with E-state index in [2.05, 4.69) is 5.32 Å². The normalized spacial score (nSPS) is 25.9. The first-order chi connectivity index (χ1) is 8.09. The van der Waals surface area contributed by atoms with E-state index >= 15 is 0 Å². The minimum atomic E-state index is -4.14. The minimum Gasteiger partial charge on any atom is -0.389 e. The number of hydrogen-bond acceptors (Lipinski definition) is 2. The molecule has 0 atom stereocenters. The van der Waals surface area contributed by atoms with Gasteiger partial charge in [-0.15, -0.1) is 0 Å². The van der Waals surface area contributed by atoms with Crippen LogP contribution in [0.4, 0.5) is 13.2 Å². The van der Waals surface area contributed by atoms with Crippen LogP contribution in [-0.4, -0.2) is 29.3 Å². The molecule has 6 heteroatoms. The van der Waals surface area contributed by atoms with Crippen molar-refractivity contribution in [3.63, 3.8) is 0 Å². The highest BCUT2D eigenvalue weighted by atomic mass is 19.4. The molecule has 0 aromatic heterocycles. The number of rotatable bonds is 3. The van der Waals surface area contributed by atoms with Gasteiger partial charge in [-0.1, -0.05) is 0 Å². The highest BCUT2D eigenvalue weighted by Gasteiger charge is 2.42. The second kappa shape index (κ2) is 5.47. The van der Waals surface area contributed by atoms with Crippen molar-refractivity contribution in [2.24, 2.45) is 11.8 Å². The van der Waals surface area contributed by atoms with Gasteiger partial charge in [0.2, 0.25) is 5.91 Å². The van der Waals surface area contributed by atoms with Crippen LogP contribution in [0.15, 0.2) is 0 Å². The van der Waals surface area contributed by atoms with Crippen LogP contribution in [0.5, 0.6) is 0 Å². The molecule has 3 nitrogen and oxygen atoms in total. The summed E-state index contributed by atoms with van der Waals surface area (Å²) in [6.07, 6.45) is -3.58. The van der Waals surface area contributed by atoms with Crippen molar-refractivity contribution in [2.45, 2.75) is 51.3 Å². The van der Waals surface area contributed by atoms with Crippen molar-refractivity contribution >= 4 is 5.91 Å². The van der Waals surface area contributed by atoms with E-state index in [1.165, 1.54) is 0 Å². The van der Waals surface area contributed by atoms with Gasteiger partial charge in [-0.05, 0) is 39.5 Å². The van der Waals surface area contributed by atoms with E-state index in [9.17, 15) is 23.1 Å². The predicted molar refractivity (Wildman–Crippen MR) is 60.8 cm³/mol. The molecule has 1 aliphatic carbocycles. The lowest BCUT2D eigenvalue weighted by Gasteiger charge is -2.29. The minimum absolute atomic E-state index is 0.0180. The topological polar surface area (TPSA) is 49.3 Å². The van der Waals surface area contributed by atoms with E-state index in [0.29, 0.717) is 0 Å². The number of halogens is 3. The third-order valence-electron chi connectivity index (χ3n) is 3.26. The van der Waals surface area contributed by atoms with Gasteiger partial charge in [-0.3, -0.25) is 4.79 Å². The Kier molecular flexibility index (Phi) is 4.64. The molecule has 1 aliphatic rings. The van der Waals surface area contributed by atoms with Crippen LogP contribution in [0.3, 0.4) is 0 Å². The molecule has 1 rings (SSSR count). The summed E-state index contributed by atoms with van der Waals surface area (Å²) in [5.41, 5.74) is -1.00. The monoisotopic (exact) mass is 267 g/mol. The smallest absolute Gasteiger partial charge is 0.389 e. The van der Waals surface area contributed by atoms with Crippen molar-refractivity contribution < 1.29 is 23.1 Å². The van der Waals surface area contributed by atoms with Crippen LogP contribution in [-0.2, 0) is 4.79 Å². The van der Waals surface area contributed by atoms with Crippen LogP contribution in [0.2, 0.25) is 0 Å². The van der Waals surface area contributed by atoms with Crippen molar-refractivity contribution in [2.75, 3.05) is 6.54 Å². The molecule has 0 aromatic rings. The molecule has 0 unspecified atom stereocenters. The van der Waals surface area contributed by atoms with Crippen molar-refractivity contribution in [1.82, 2.24) is 5.32 Å². The molecule has 106 valence electrons. The van der Waals surface area contributed by atoms with Crippen LogP contribution in [0.25, 0.3) is 0 Å². The Morgan fingerprint density at radius 1 is 1.22 bits per heavy atom. The number of aliphatic hydroxyl groups is 1. The molecule has 0 spiro atoms. The molecule has 0 aliphatic heterocycles. The number of alkyl halides is 3. The van der Waals surface area contributed by atoms with E-state index in [0.717, 1.165) is 0 Å². The maximum Gasteiger partial charge on any atom is 0.391 e. The Balaban J connectivity index is 2.37.